The molecule has 3 aromatic rings. The van der Waals surface area contributed by atoms with E-state index in [9.17, 15) is 0 Å². The maximum Gasteiger partial charge on any atom is 0.106 e. The van der Waals surface area contributed by atoms with Crippen molar-refractivity contribution in [2.45, 2.75) is 11.8 Å². The van der Waals surface area contributed by atoms with Gasteiger partial charge in [-0.2, -0.15) is 5.26 Å². The second-order valence-electron chi connectivity index (χ2n) is 4.16. The number of benzene rings is 1. The van der Waals surface area contributed by atoms with Gasteiger partial charge in [-0.25, -0.2) is 0 Å². The van der Waals surface area contributed by atoms with Gasteiger partial charge in [0.1, 0.15) is 12.3 Å². The Morgan fingerprint density at radius 2 is 2.26 bits per heavy atom. The number of H-pyrrole nitrogens is 1. The number of aryl methyl sites for hydroxylation is 1. The van der Waals surface area contributed by atoms with E-state index >= 15 is 0 Å². The number of hydrogen-bond acceptors (Lipinski definition) is 4. The van der Waals surface area contributed by atoms with E-state index in [0.717, 1.165) is 27.0 Å². The topological polar surface area (TPSA) is 64.8 Å². The summed E-state index contributed by atoms with van der Waals surface area (Å²) in [5, 5.41) is 10.1. The van der Waals surface area contributed by atoms with Gasteiger partial charge in [0.25, 0.3) is 0 Å². The average Bonchev–Trinajstić information content (AvgIpc) is 3.07. The Balaban J connectivity index is 1.98. The number of anilines is 1. The van der Waals surface area contributed by atoms with Crippen molar-refractivity contribution in [3.8, 4) is 6.07 Å². The predicted octanol–water partition coefficient (Wildman–Crippen LogP) is 4.06. The van der Waals surface area contributed by atoms with Crippen LogP contribution in [0.2, 0.25) is 0 Å². The molecule has 2 heterocycles. The Bertz CT molecular complexity index is 753. The van der Waals surface area contributed by atoms with Gasteiger partial charge in [0.2, 0.25) is 0 Å². The molecular weight excluding hydrogens is 258 g/mol. The number of nitrogens with one attached hydrogen (secondary N) is 2. The third-order valence-electron chi connectivity index (χ3n) is 2.94. The summed E-state index contributed by atoms with van der Waals surface area (Å²) in [6.07, 6.45) is 5.06. The minimum atomic E-state index is 0.671. The number of fused-ring (bicyclic) bond motifs is 1. The van der Waals surface area contributed by atoms with Crippen LogP contribution in [0.1, 0.15) is 11.1 Å². The summed E-state index contributed by atoms with van der Waals surface area (Å²) in [7, 11) is 0. The fourth-order valence-electron chi connectivity index (χ4n) is 2.02. The smallest absolute Gasteiger partial charge is 0.106 e. The fraction of sp³-hybridized carbons (Fsp3) is 0.0714. The summed E-state index contributed by atoms with van der Waals surface area (Å²) in [5.74, 6) is 0. The van der Waals surface area contributed by atoms with Crippen LogP contribution in [0.25, 0.3) is 10.9 Å². The summed E-state index contributed by atoms with van der Waals surface area (Å²) < 4.78 is 8.29. The monoisotopic (exact) mass is 269 g/mol. The highest BCUT2D eigenvalue weighted by atomic mass is 32.2. The molecule has 0 unspecified atom stereocenters. The van der Waals surface area contributed by atoms with Crippen molar-refractivity contribution in [1.82, 2.24) is 4.98 Å². The second-order valence-corrected chi connectivity index (χ2v) is 5.04. The van der Waals surface area contributed by atoms with Crippen molar-refractivity contribution in [2.75, 3.05) is 4.72 Å². The van der Waals surface area contributed by atoms with Crippen molar-refractivity contribution < 1.29 is 4.42 Å². The molecule has 0 saturated carbocycles. The lowest BCUT2D eigenvalue weighted by Gasteiger charge is -2.07. The van der Waals surface area contributed by atoms with E-state index in [1.54, 1.807) is 18.7 Å². The molecule has 0 fully saturated rings. The Morgan fingerprint density at radius 3 is 3.00 bits per heavy atom. The summed E-state index contributed by atoms with van der Waals surface area (Å²) >= 11 is 1.47. The van der Waals surface area contributed by atoms with Crippen LogP contribution in [0.3, 0.4) is 0 Å². The van der Waals surface area contributed by atoms with E-state index in [2.05, 4.69) is 15.8 Å². The van der Waals surface area contributed by atoms with Crippen LogP contribution >= 0.6 is 11.9 Å². The first-order valence-electron chi connectivity index (χ1n) is 5.75. The van der Waals surface area contributed by atoms with E-state index < -0.39 is 0 Å². The molecule has 0 aliphatic carbocycles. The van der Waals surface area contributed by atoms with E-state index in [4.69, 9.17) is 9.68 Å². The molecule has 2 N–H and O–H groups in total. The van der Waals surface area contributed by atoms with Crippen LogP contribution in [-0.2, 0) is 0 Å². The molecular formula is C14H11N3OS. The van der Waals surface area contributed by atoms with Crippen LogP contribution < -0.4 is 4.72 Å². The van der Waals surface area contributed by atoms with Gasteiger partial charge in [-0.3, -0.25) is 0 Å². The molecule has 3 rings (SSSR count). The van der Waals surface area contributed by atoms with E-state index in [1.807, 2.05) is 25.1 Å². The highest BCUT2D eigenvalue weighted by Crippen LogP contribution is 2.31. The molecule has 0 amide bonds. The molecule has 0 atom stereocenters. The van der Waals surface area contributed by atoms with Gasteiger partial charge in [0.05, 0.1) is 27.9 Å². The lowest BCUT2D eigenvalue weighted by Crippen LogP contribution is -1.89. The molecule has 1 aromatic carbocycles. The van der Waals surface area contributed by atoms with Gasteiger partial charge in [-0.05, 0) is 36.6 Å². The van der Waals surface area contributed by atoms with Crippen LogP contribution in [0.5, 0.6) is 0 Å². The quantitative estimate of drug-likeness (QED) is 0.704. The number of aromatic amines is 1. The number of aromatic nitrogens is 1. The summed E-state index contributed by atoms with van der Waals surface area (Å²) in [6.45, 7) is 2.00. The SMILES string of the molecule is Cc1ccc(NSc2ccoc2)c2[nH]cc(C#N)c12. The Kier molecular flexibility index (Phi) is 2.94. The zero-order chi connectivity index (χ0) is 13.2. The molecule has 0 bridgehead atoms. The van der Waals surface area contributed by atoms with Gasteiger partial charge >= 0.3 is 0 Å². The largest absolute Gasteiger partial charge is 0.471 e. The molecule has 19 heavy (non-hydrogen) atoms. The van der Waals surface area contributed by atoms with Gasteiger partial charge in [-0.1, -0.05) is 6.07 Å². The van der Waals surface area contributed by atoms with Crippen molar-refractivity contribution in [3.05, 3.63) is 48.0 Å². The lowest BCUT2D eigenvalue weighted by atomic mass is 10.1. The number of nitrogens with zero attached hydrogens (tertiary/aromatic N) is 1. The molecule has 0 aliphatic rings. The molecule has 0 spiro atoms. The Hall–Kier alpha value is -2.32. The van der Waals surface area contributed by atoms with Crippen LogP contribution in [0.4, 0.5) is 5.69 Å². The zero-order valence-electron chi connectivity index (χ0n) is 10.2. The first kappa shape index (κ1) is 11.8. The summed E-state index contributed by atoms with van der Waals surface area (Å²) in [4.78, 5) is 4.16. The maximum absolute atomic E-state index is 9.11. The van der Waals surface area contributed by atoms with Crippen molar-refractivity contribution >= 4 is 28.5 Å². The minimum Gasteiger partial charge on any atom is -0.471 e. The summed E-state index contributed by atoms with van der Waals surface area (Å²) in [5.41, 5.74) is 3.66. The highest BCUT2D eigenvalue weighted by molar-refractivity contribution is 8.00. The first-order valence-corrected chi connectivity index (χ1v) is 6.57. The van der Waals surface area contributed by atoms with Gasteiger partial charge in [-0.15, -0.1) is 0 Å². The molecule has 0 saturated heterocycles. The number of furan rings is 1. The normalized spacial score (nSPS) is 10.5. The maximum atomic E-state index is 9.11. The minimum absolute atomic E-state index is 0.671. The Labute approximate surface area is 114 Å². The summed E-state index contributed by atoms with van der Waals surface area (Å²) in [6, 6.07) is 8.11. The average molecular weight is 269 g/mol. The molecule has 94 valence electrons. The van der Waals surface area contributed by atoms with Crippen molar-refractivity contribution in [3.63, 3.8) is 0 Å². The molecule has 4 nitrogen and oxygen atoms in total. The number of rotatable bonds is 3. The molecule has 5 heteroatoms. The van der Waals surface area contributed by atoms with Crippen LogP contribution in [0, 0.1) is 18.3 Å². The van der Waals surface area contributed by atoms with Crippen molar-refractivity contribution in [2.24, 2.45) is 0 Å². The van der Waals surface area contributed by atoms with Crippen LogP contribution in [-0.4, -0.2) is 4.98 Å². The second kappa shape index (κ2) is 4.75. The fourth-order valence-corrected chi connectivity index (χ4v) is 2.64. The van der Waals surface area contributed by atoms with Crippen LogP contribution in [0.15, 0.2) is 46.2 Å². The van der Waals surface area contributed by atoms with E-state index in [1.165, 1.54) is 11.9 Å². The Morgan fingerprint density at radius 1 is 1.37 bits per heavy atom. The van der Waals surface area contributed by atoms with Gasteiger partial charge in [0, 0.05) is 11.6 Å². The van der Waals surface area contributed by atoms with Crippen molar-refractivity contribution in [1.29, 1.82) is 5.26 Å². The van der Waals surface area contributed by atoms with Gasteiger partial charge < -0.3 is 14.1 Å². The lowest BCUT2D eigenvalue weighted by molar-refractivity contribution is 0.562. The zero-order valence-corrected chi connectivity index (χ0v) is 11.0. The number of nitriles is 1. The number of hydrogen-bond donors (Lipinski definition) is 2. The first-order chi connectivity index (χ1) is 9.29. The third-order valence-corrected chi connectivity index (χ3v) is 3.73. The van der Waals surface area contributed by atoms with E-state index in [-0.39, 0.29) is 0 Å². The molecule has 2 aromatic heterocycles. The molecule has 0 aliphatic heterocycles. The molecule has 0 radical (unpaired) electrons. The third kappa shape index (κ3) is 2.07. The predicted molar refractivity (Wildman–Crippen MR) is 75.9 cm³/mol. The van der Waals surface area contributed by atoms with E-state index in [0.29, 0.717) is 5.56 Å². The standard InChI is InChI=1S/C14H11N3OS/c1-9-2-3-12(17-19-11-4-5-18-8-11)14-13(9)10(6-15)7-16-14/h2-5,7-8,16-17H,1H3. The highest BCUT2D eigenvalue weighted by Gasteiger charge is 2.10. The van der Waals surface area contributed by atoms with Gasteiger partial charge in [0.15, 0.2) is 0 Å².